The van der Waals surface area contributed by atoms with Gasteiger partial charge in [0, 0.05) is 35.1 Å². The third kappa shape index (κ3) is 3.31. The van der Waals surface area contributed by atoms with Crippen LogP contribution in [-0.4, -0.2) is 49.9 Å². The van der Waals surface area contributed by atoms with Gasteiger partial charge in [-0.15, -0.1) is 0 Å². The Morgan fingerprint density at radius 2 is 2.07 bits per heavy atom. The van der Waals surface area contributed by atoms with Gasteiger partial charge in [0.25, 0.3) is 0 Å². The second kappa shape index (κ2) is 6.45. The highest BCUT2D eigenvalue weighted by Crippen LogP contribution is 2.42. The van der Waals surface area contributed by atoms with E-state index in [1.807, 2.05) is 6.07 Å². The molecule has 1 saturated heterocycles. The van der Waals surface area contributed by atoms with E-state index in [4.69, 9.17) is 4.74 Å². The lowest BCUT2D eigenvalue weighted by atomic mass is 10.0. The number of hydrogen-bond acceptors (Lipinski definition) is 5. The number of pyridine rings is 1. The number of rotatable bonds is 6. The molecule has 0 amide bonds. The highest BCUT2D eigenvalue weighted by molar-refractivity contribution is 7.89. The topological polar surface area (TPSA) is 106 Å². The second-order valence-corrected chi connectivity index (χ2v) is 10.1. The molecule has 154 valence electrons. The van der Waals surface area contributed by atoms with Crippen molar-refractivity contribution >= 4 is 26.8 Å². The van der Waals surface area contributed by atoms with E-state index in [-0.39, 0.29) is 37.5 Å². The highest BCUT2D eigenvalue weighted by Gasteiger charge is 2.41. The Bertz CT molecular complexity index is 1130. The van der Waals surface area contributed by atoms with Crippen molar-refractivity contribution in [3.05, 3.63) is 35.2 Å². The maximum Gasteiger partial charge on any atom is 0.307 e. The van der Waals surface area contributed by atoms with Gasteiger partial charge in [-0.25, -0.2) is 17.5 Å². The lowest BCUT2D eigenvalue weighted by molar-refractivity contribution is -0.141. The van der Waals surface area contributed by atoms with Gasteiger partial charge < -0.3 is 9.84 Å². The standard InChI is InChI=1S/C20H21FN2O5S/c21-20(9-28-10-20)8-23-29(26,27)18-15-5-13(19(24)25)3-12(15)4-14-7-22-17(6-16(14)18)11-1-2-11/h4,6-7,11,13,23H,1-3,5,8-10H2,(H,24,25). The number of hydrogen-bond donors (Lipinski definition) is 2. The molecule has 5 rings (SSSR count). The van der Waals surface area contributed by atoms with E-state index in [0.29, 0.717) is 27.8 Å². The molecule has 2 N–H and O–H groups in total. The van der Waals surface area contributed by atoms with Gasteiger partial charge in [-0.2, -0.15) is 0 Å². The van der Waals surface area contributed by atoms with Crippen LogP contribution in [-0.2, 0) is 32.4 Å². The number of carboxylic acids is 1. The molecule has 2 heterocycles. The summed E-state index contributed by atoms with van der Waals surface area (Å²) in [6.07, 6.45) is 4.12. The summed E-state index contributed by atoms with van der Waals surface area (Å²) in [5.74, 6) is -1.28. The number of carbonyl (C=O) groups is 1. The number of aliphatic carboxylic acids is 1. The predicted molar refractivity (Wildman–Crippen MR) is 102 cm³/mol. The number of sulfonamides is 1. The third-order valence-corrected chi connectivity index (χ3v) is 7.55. The first-order valence-corrected chi connectivity index (χ1v) is 11.2. The van der Waals surface area contributed by atoms with Crippen LogP contribution in [0.5, 0.6) is 0 Å². The Balaban J connectivity index is 1.63. The first-order chi connectivity index (χ1) is 13.8. The number of halogens is 1. The van der Waals surface area contributed by atoms with Crippen molar-refractivity contribution < 1.29 is 27.4 Å². The summed E-state index contributed by atoms with van der Waals surface area (Å²) in [6, 6.07) is 3.64. The molecule has 1 saturated carbocycles. The molecule has 1 atom stereocenters. The first-order valence-electron chi connectivity index (χ1n) is 9.69. The molecule has 2 aliphatic carbocycles. The first kappa shape index (κ1) is 18.9. The van der Waals surface area contributed by atoms with Gasteiger partial charge in [-0.1, -0.05) is 0 Å². The number of alkyl halides is 1. The van der Waals surface area contributed by atoms with Crippen LogP contribution in [0.4, 0.5) is 4.39 Å². The molecule has 29 heavy (non-hydrogen) atoms. The fourth-order valence-electron chi connectivity index (χ4n) is 4.17. The van der Waals surface area contributed by atoms with Crippen LogP contribution < -0.4 is 4.72 Å². The lowest BCUT2D eigenvalue weighted by Gasteiger charge is -2.33. The Hall–Kier alpha value is -2.10. The quantitative estimate of drug-likeness (QED) is 0.740. The molecule has 1 unspecified atom stereocenters. The van der Waals surface area contributed by atoms with Crippen LogP contribution in [0.25, 0.3) is 10.8 Å². The maximum absolute atomic E-state index is 14.3. The minimum atomic E-state index is -4.06. The molecule has 2 aromatic rings. The van der Waals surface area contributed by atoms with Crippen molar-refractivity contribution in [3.63, 3.8) is 0 Å². The number of nitrogens with zero attached hydrogens (tertiary/aromatic N) is 1. The molecule has 1 aromatic carbocycles. The molecule has 0 spiro atoms. The van der Waals surface area contributed by atoms with Crippen LogP contribution in [0.3, 0.4) is 0 Å². The lowest BCUT2D eigenvalue weighted by Crippen LogP contribution is -2.53. The fraction of sp³-hybridized carbons (Fsp3) is 0.500. The van der Waals surface area contributed by atoms with Gasteiger partial charge in [0.15, 0.2) is 5.67 Å². The van der Waals surface area contributed by atoms with E-state index < -0.39 is 27.6 Å². The summed E-state index contributed by atoms with van der Waals surface area (Å²) < 4.78 is 48.2. The zero-order valence-corrected chi connectivity index (χ0v) is 16.5. The molecule has 2 fully saturated rings. The van der Waals surface area contributed by atoms with Crippen molar-refractivity contribution in [3.8, 4) is 0 Å². The summed E-state index contributed by atoms with van der Waals surface area (Å²) in [6.45, 7) is -0.649. The average Bonchev–Trinajstić information content (AvgIpc) is 3.41. The number of nitrogens with one attached hydrogen (secondary N) is 1. The van der Waals surface area contributed by atoms with E-state index in [1.165, 1.54) is 0 Å². The molecule has 1 aromatic heterocycles. The number of benzene rings is 1. The van der Waals surface area contributed by atoms with E-state index in [2.05, 4.69) is 9.71 Å². The Morgan fingerprint density at radius 1 is 1.31 bits per heavy atom. The molecule has 0 radical (unpaired) electrons. The van der Waals surface area contributed by atoms with Gasteiger partial charge in [-0.3, -0.25) is 9.78 Å². The van der Waals surface area contributed by atoms with Crippen molar-refractivity contribution in [1.29, 1.82) is 0 Å². The largest absolute Gasteiger partial charge is 0.481 e. The van der Waals surface area contributed by atoms with Crippen molar-refractivity contribution in [1.82, 2.24) is 9.71 Å². The number of ether oxygens (including phenoxy) is 1. The number of carboxylic acid groups (broad SMARTS) is 1. The number of aromatic nitrogens is 1. The normalized spacial score (nSPS) is 23.0. The second-order valence-electron chi connectivity index (χ2n) is 8.36. The summed E-state index contributed by atoms with van der Waals surface area (Å²) >= 11 is 0. The van der Waals surface area contributed by atoms with Crippen LogP contribution in [0.2, 0.25) is 0 Å². The average molecular weight is 420 g/mol. The zero-order valence-electron chi connectivity index (χ0n) is 15.7. The monoisotopic (exact) mass is 420 g/mol. The van der Waals surface area contributed by atoms with E-state index in [1.54, 1.807) is 12.3 Å². The minimum Gasteiger partial charge on any atom is -0.481 e. The molecular weight excluding hydrogens is 399 g/mol. The third-order valence-electron chi connectivity index (χ3n) is 6.02. The Labute approximate surface area is 167 Å². The summed E-state index contributed by atoms with van der Waals surface area (Å²) in [4.78, 5) is 16.1. The fourth-order valence-corrected chi connectivity index (χ4v) is 5.77. The zero-order chi connectivity index (χ0) is 20.4. The predicted octanol–water partition coefficient (Wildman–Crippen LogP) is 1.93. The van der Waals surface area contributed by atoms with Crippen LogP contribution in [0.15, 0.2) is 23.2 Å². The van der Waals surface area contributed by atoms with Gasteiger partial charge in [0.1, 0.15) is 0 Å². The van der Waals surface area contributed by atoms with E-state index in [9.17, 15) is 22.7 Å². The Morgan fingerprint density at radius 3 is 2.69 bits per heavy atom. The molecule has 0 bridgehead atoms. The summed E-state index contributed by atoms with van der Waals surface area (Å²) in [5.41, 5.74) is 0.359. The van der Waals surface area contributed by atoms with E-state index >= 15 is 0 Å². The van der Waals surface area contributed by atoms with Gasteiger partial charge in [0.05, 0.1) is 24.0 Å². The van der Waals surface area contributed by atoms with Gasteiger partial charge in [-0.05, 0) is 48.9 Å². The van der Waals surface area contributed by atoms with Crippen molar-refractivity contribution in [2.24, 2.45) is 5.92 Å². The minimum absolute atomic E-state index is 0.0712. The molecule has 3 aliphatic rings. The summed E-state index contributed by atoms with van der Waals surface area (Å²) in [7, 11) is -4.06. The molecule has 1 aliphatic heterocycles. The molecule has 7 nitrogen and oxygen atoms in total. The van der Waals surface area contributed by atoms with Crippen LogP contribution >= 0.6 is 0 Å². The number of fused-ring (bicyclic) bond motifs is 2. The molecule has 9 heteroatoms. The Kier molecular flexibility index (Phi) is 4.20. The molecular formula is C20H21FN2O5S. The SMILES string of the molecule is O=C(O)C1Cc2cc3cnc(C4CC4)cc3c(S(=O)(=O)NCC3(F)COC3)c2C1. The highest BCUT2D eigenvalue weighted by atomic mass is 32.2. The maximum atomic E-state index is 14.3. The summed E-state index contributed by atoms with van der Waals surface area (Å²) in [5, 5.41) is 10.6. The van der Waals surface area contributed by atoms with Crippen LogP contribution in [0.1, 0.15) is 35.6 Å². The van der Waals surface area contributed by atoms with Crippen molar-refractivity contribution in [2.75, 3.05) is 19.8 Å². The van der Waals surface area contributed by atoms with E-state index in [0.717, 1.165) is 18.5 Å². The van der Waals surface area contributed by atoms with Crippen molar-refractivity contribution in [2.45, 2.75) is 42.2 Å². The van der Waals surface area contributed by atoms with Crippen LogP contribution in [0, 0.1) is 5.92 Å². The van der Waals surface area contributed by atoms with Gasteiger partial charge in [0.2, 0.25) is 10.0 Å². The smallest absolute Gasteiger partial charge is 0.307 e. The van der Waals surface area contributed by atoms with Gasteiger partial charge >= 0.3 is 5.97 Å².